The Morgan fingerprint density at radius 3 is 2.67 bits per heavy atom. The molecule has 0 aliphatic rings. The quantitative estimate of drug-likeness (QED) is 0.776. The maximum atomic E-state index is 13.2. The molecule has 1 aromatic rings. The zero-order valence-corrected chi connectivity index (χ0v) is 11.3. The van der Waals surface area contributed by atoms with Crippen molar-refractivity contribution < 1.29 is 23.0 Å². The van der Waals surface area contributed by atoms with Gasteiger partial charge in [-0.15, -0.1) is 11.6 Å². The number of halogens is 5. The Bertz CT molecular complexity index is 409. The molecule has 1 rings (SSSR count). The third-order valence-corrected chi connectivity index (χ3v) is 3.06. The first-order valence-corrected chi connectivity index (χ1v) is 6.19. The van der Waals surface area contributed by atoms with Gasteiger partial charge in [-0.3, -0.25) is 0 Å². The van der Waals surface area contributed by atoms with Crippen LogP contribution in [0.25, 0.3) is 0 Å². The fraction of sp³-hybridized carbons (Fsp3) is 0.400. The summed E-state index contributed by atoms with van der Waals surface area (Å²) < 4.78 is 41.6. The molecule has 1 atom stereocenters. The molecule has 0 aliphatic carbocycles. The Balaban J connectivity index is 2.92. The monoisotopic (exact) mass is 347 g/mol. The van der Waals surface area contributed by atoms with Crippen molar-refractivity contribution in [2.75, 3.05) is 17.7 Å². The van der Waals surface area contributed by atoms with Gasteiger partial charge in [-0.1, -0.05) is 0 Å². The molecule has 0 aromatic heterocycles. The number of nitrogens with one attached hydrogen (secondary N) is 1. The molecule has 0 saturated carbocycles. The lowest BCUT2D eigenvalue weighted by molar-refractivity contribution is -0.0500. The molecule has 0 radical (unpaired) electrons. The van der Waals surface area contributed by atoms with Gasteiger partial charge in [-0.2, -0.15) is 8.78 Å². The minimum Gasteiger partial charge on any atom is -0.431 e. The molecule has 0 heterocycles. The van der Waals surface area contributed by atoms with Gasteiger partial charge in [0.05, 0.1) is 22.1 Å². The first kappa shape index (κ1) is 15.4. The van der Waals surface area contributed by atoms with Crippen LogP contribution in [0.15, 0.2) is 16.6 Å². The van der Waals surface area contributed by atoms with Gasteiger partial charge in [0.1, 0.15) is 5.82 Å². The molecule has 0 bridgehead atoms. The van der Waals surface area contributed by atoms with Crippen LogP contribution in [0.2, 0.25) is 0 Å². The van der Waals surface area contributed by atoms with Crippen molar-refractivity contribution in [3.63, 3.8) is 0 Å². The predicted molar refractivity (Wildman–Crippen MR) is 65.9 cm³/mol. The van der Waals surface area contributed by atoms with E-state index in [9.17, 15) is 18.3 Å². The van der Waals surface area contributed by atoms with Crippen molar-refractivity contribution in [2.24, 2.45) is 0 Å². The summed E-state index contributed by atoms with van der Waals surface area (Å²) in [7, 11) is 0. The maximum absolute atomic E-state index is 13.2. The van der Waals surface area contributed by atoms with Crippen molar-refractivity contribution in [3.8, 4) is 5.75 Å². The number of aliphatic hydroxyl groups is 1. The van der Waals surface area contributed by atoms with E-state index in [0.717, 1.165) is 6.07 Å². The molecule has 8 heteroatoms. The third kappa shape index (κ3) is 4.22. The van der Waals surface area contributed by atoms with E-state index in [0.29, 0.717) is 0 Å². The summed E-state index contributed by atoms with van der Waals surface area (Å²) in [6.07, 6.45) is -0.852. The van der Waals surface area contributed by atoms with Gasteiger partial charge < -0.3 is 15.2 Å². The van der Waals surface area contributed by atoms with E-state index in [-0.39, 0.29) is 28.3 Å². The minimum atomic E-state index is -3.08. The van der Waals surface area contributed by atoms with Crippen molar-refractivity contribution >= 4 is 33.2 Å². The topological polar surface area (TPSA) is 41.5 Å². The van der Waals surface area contributed by atoms with Gasteiger partial charge in [-0.25, -0.2) is 4.39 Å². The zero-order valence-electron chi connectivity index (χ0n) is 8.97. The standard InChI is InChI=1S/C10H10BrClF3NO2/c11-8-6(13)1-2-7(9(8)18-10(14)15)16-4-5(17)3-12/h1-2,5,10,16-17H,3-4H2. The first-order valence-electron chi connectivity index (χ1n) is 4.86. The Morgan fingerprint density at radius 1 is 1.44 bits per heavy atom. The Morgan fingerprint density at radius 2 is 2.11 bits per heavy atom. The second kappa shape index (κ2) is 7.06. The number of hydrogen-bond donors (Lipinski definition) is 2. The molecule has 0 fully saturated rings. The molecule has 102 valence electrons. The molecule has 18 heavy (non-hydrogen) atoms. The summed E-state index contributed by atoms with van der Waals surface area (Å²) in [5, 5.41) is 11.9. The average molecular weight is 349 g/mol. The van der Waals surface area contributed by atoms with Gasteiger partial charge in [0, 0.05) is 6.54 Å². The van der Waals surface area contributed by atoms with E-state index < -0.39 is 18.5 Å². The molecular weight excluding hydrogens is 338 g/mol. The van der Waals surface area contributed by atoms with Crippen LogP contribution in [-0.2, 0) is 0 Å². The Kier molecular flexibility index (Phi) is 6.04. The van der Waals surface area contributed by atoms with Crippen LogP contribution in [0, 0.1) is 5.82 Å². The van der Waals surface area contributed by atoms with Crippen molar-refractivity contribution in [2.45, 2.75) is 12.7 Å². The van der Waals surface area contributed by atoms with E-state index in [2.05, 4.69) is 26.0 Å². The molecule has 2 N–H and O–H groups in total. The van der Waals surface area contributed by atoms with Gasteiger partial charge in [0.15, 0.2) is 5.75 Å². The lowest BCUT2D eigenvalue weighted by Gasteiger charge is -2.16. The normalized spacial score (nSPS) is 12.6. The molecule has 0 spiro atoms. The van der Waals surface area contributed by atoms with Crippen molar-refractivity contribution in [3.05, 3.63) is 22.4 Å². The third-order valence-electron chi connectivity index (χ3n) is 1.96. The molecule has 0 saturated heterocycles. The van der Waals surface area contributed by atoms with Crippen LogP contribution in [0.1, 0.15) is 0 Å². The molecular formula is C10H10BrClF3NO2. The van der Waals surface area contributed by atoms with Crippen molar-refractivity contribution in [1.29, 1.82) is 0 Å². The van der Waals surface area contributed by atoms with Gasteiger partial charge >= 0.3 is 6.61 Å². The van der Waals surface area contributed by atoms with Gasteiger partial charge in [0.25, 0.3) is 0 Å². The number of benzene rings is 1. The summed E-state index contributed by atoms with van der Waals surface area (Å²) in [4.78, 5) is 0. The smallest absolute Gasteiger partial charge is 0.387 e. The summed E-state index contributed by atoms with van der Waals surface area (Å²) in [5.74, 6) is -1.10. The number of rotatable bonds is 6. The number of alkyl halides is 3. The second-order valence-electron chi connectivity index (χ2n) is 3.31. The van der Waals surface area contributed by atoms with E-state index in [1.165, 1.54) is 6.07 Å². The van der Waals surface area contributed by atoms with Crippen LogP contribution >= 0.6 is 27.5 Å². The molecule has 3 nitrogen and oxygen atoms in total. The van der Waals surface area contributed by atoms with E-state index >= 15 is 0 Å². The van der Waals surface area contributed by atoms with Crippen LogP contribution in [-0.4, -0.2) is 30.2 Å². The van der Waals surface area contributed by atoms with Gasteiger partial charge in [0.2, 0.25) is 0 Å². The highest BCUT2D eigenvalue weighted by Gasteiger charge is 2.17. The fourth-order valence-electron chi connectivity index (χ4n) is 1.16. The van der Waals surface area contributed by atoms with Crippen LogP contribution in [0.5, 0.6) is 5.75 Å². The Hall–Kier alpha value is -0.660. The van der Waals surface area contributed by atoms with Crippen LogP contribution < -0.4 is 10.1 Å². The Labute approximate surface area is 115 Å². The zero-order chi connectivity index (χ0) is 13.7. The predicted octanol–water partition coefficient (Wildman–Crippen LogP) is 3.20. The summed E-state index contributed by atoms with van der Waals surface area (Å²) in [5.41, 5.74) is 0.132. The lowest BCUT2D eigenvalue weighted by atomic mass is 10.2. The molecule has 0 amide bonds. The summed E-state index contributed by atoms with van der Waals surface area (Å²) in [6.45, 7) is -3.05. The number of hydrogen-bond acceptors (Lipinski definition) is 3. The summed E-state index contributed by atoms with van der Waals surface area (Å²) in [6, 6.07) is 2.32. The van der Waals surface area contributed by atoms with E-state index in [4.69, 9.17) is 11.6 Å². The van der Waals surface area contributed by atoms with Crippen LogP contribution in [0.3, 0.4) is 0 Å². The van der Waals surface area contributed by atoms with E-state index in [1.807, 2.05) is 0 Å². The van der Waals surface area contributed by atoms with Gasteiger partial charge in [-0.05, 0) is 28.1 Å². The number of ether oxygens (including phenoxy) is 1. The highest BCUT2D eigenvalue weighted by molar-refractivity contribution is 9.10. The molecule has 1 aromatic carbocycles. The fourth-order valence-corrected chi connectivity index (χ4v) is 1.71. The minimum absolute atomic E-state index is 0.0135. The molecule has 1 unspecified atom stereocenters. The maximum Gasteiger partial charge on any atom is 0.387 e. The SMILES string of the molecule is OC(CCl)CNc1ccc(F)c(Br)c1OC(F)F. The largest absolute Gasteiger partial charge is 0.431 e. The van der Waals surface area contributed by atoms with Crippen LogP contribution in [0.4, 0.5) is 18.9 Å². The first-order chi connectivity index (χ1) is 8.45. The number of aliphatic hydroxyl groups excluding tert-OH is 1. The second-order valence-corrected chi connectivity index (χ2v) is 4.41. The summed E-state index contributed by atoms with van der Waals surface area (Å²) >= 11 is 8.21. The number of anilines is 1. The highest BCUT2D eigenvalue weighted by Crippen LogP contribution is 2.36. The average Bonchev–Trinajstić information content (AvgIpc) is 2.33. The van der Waals surface area contributed by atoms with Crippen molar-refractivity contribution in [1.82, 2.24) is 0 Å². The lowest BCUT2D eigenvalue weighted by Crippen LogP contribution is -2.21. The molecule has 0 aliphatic heterocycles. The van der Waals surface area contributed by atoms with E-state index in [1.54, 1.807) is 0 Å². The highest BCUT2D eigenvalue weighted by atomic mass is 79.9.